The SMILES string of the molecule is Cc1ccc(/C=C2\SC(N3CCN(c4ccccc4)CC3)=NC2=O)o1. The van der Waals surface area contributed by atoms with Gasteiger partial charge in [-0.05, 0) is 43.0 Å². The first kappa shape index (κ1) is 16.0. The Bertz CT molecular complexity index is 833. The molecule has 0 radical (unpaired) electrons. The van der Waals surface area contributed by atoms with E-state index in [2.05, 4.69) is 39.1 Å². The summed E-state index contributed by atoms with van der Waals surface area (Å²) in [5.74, 6) is 1.35. The number of rotatable bonds is 2. The molecule has 0 aliphatic carbocycles. The van der Waals surface area contributed by atoms with Gasteiger partial charge in [-0.1, -0.05) is 18.2 Å². The topological polar surface area (TPSA) is 49.0 Å². The van der Waals surface area contributed by atoms with Crippen LogP contribution in [-0.4, -0.2) is 42.2 Å². The summed E-state index contributed by atoms with van der Waals surface area (Å²) in [6.07, 6.45) is 1.77. The third kappa shape index (κ3) is 3.49. The summed E-state index contributed by atoms with van der Waals surface area (Å²) in [6, 6.07) is 14.2. The van der Waals surface area contributed by atoms with Gasteiger partial charge in [-0.25, -0.2) is 0 Å². The Morgan fingerprint density at radius 1 is 1.04 bits per heavy atom. The predicted octanol–water partition coefficient (Wildman–Crippen LogP) is 3.38. The summed E-state index contributed by atoms with van der Waals surface area (Å²) in [4.78, 5) is 21.6. The Labute approximate surface area is 151 Å². The molecule has 1 amide bonds. The van der Waals surface area contributed by atoms with Gasteiger partial charge in [0.05, 0.1) is 4.91 Å². The largest absolute Gasteiger partial charge is 0.462 e. The zero-order valence-corrected chi connectivity index (χ0v) is 14.8. The van der Waals surface area contributed by atoms with E-state index in [9.17, 15) is 4.79 Å². The smallest absolute Gasteiger partial charge is 0.286 e. The molecule has 2 aromatic rings. The van der Waals surface area contributed by atoms with Crippen LogP contribution in [0.2, 0.25) is 0 Å². The van der Waals surface area contributed by atoms with E-state index in [0.717, 1.165) is 37.1 Å². The number of hydrogen-bond donors (Lipinski definition) is 0. The predicted molar refractivity (Wildman–Crippen MR) is 102 cm³/mol. The molecule has 0 bridgehead atoms. The van der Waals surface area contributed by atoms with E-state index in [-0.39, 0.29) is 5.91 Å². The molecule has 0 saturated carbocycles. The van der Waals surface area contributed by atoms with Gasteiger partial charge in [-0.15, -0.1) is 0 Å². The summed E-state index contributed by atoms with van der Waals surface area (Å²) in [5, 5.41) is 0.798. The molecule has 5 nitrogen and oxygen atoms in total. The van der Waals surface area contributed by atoms with E-state index in [1.165, 1.54) is 17.4 Å². The van der Waals surface area contributed by atoms with Crippen LogP contribution in [0.3, 0.4) is 0 Å². The molecule has 0 N–H and O–H groups in total. The fourth-order valence-corrected chi connectivity index (χ4v) is 3.93. The summed E-state index contributed by atoms with van der Waals surface area (Å²) >= 11 is 1.44. The first-order chi connectivity index (χ1) is 12.2. The highest BCUT2D eigenvalue weighted by Crippen LogP contribution is 2.31. The highest BCUT2D eigenvalue weighted by Gasteiger charge is 2.28. The quantitative estimate of drug-likeness (QED) is 0.775. The minimum absolute atomic E-state index is 0.181. The van der Waals surface area contributed by atoms with Crippen molar-refractivity contribution >= 4 is 34.6 Å². The Hall–Kier alpha value is -2.47. The first-order valence-electron chi connectivity index (χ1n) is 8.33. The lowest BCUT2D eigenvalue weighted by Gasteiger charge is -2.36. The average Bonchev–Trinajstić information content (AvgIpc) is 3.22. The van der Waals surface area contributed by atoms with Gasteiger partial charge in [0.25, 0.3) is 5.91 Å². The van der Waals surface area contributed by atoms with Gasteiger partial charge in [0.15, 0.2) is 5.17 Å². The van der Waals surface area contributed by atoms with Crippen molar-refractivity contribution in [1.82, 2.24) is 4.90 Å². The van der Waals surface area contributed by atoms with Crippen molar-refractivity contribution in [3.8, 4) is 0 Å². The van der Waals surface area contributed by atoms with E-state index in [4.69, 9.17) is 4.42 Å². The standard InChI is InChI=1S/C19H19N3O2S/c1-14-7-8-16(24-14)13-17-18(23)20-19(25-17)22-11-9-21(10-12-22)15-5-3-2-4-6-15/h2-8,13H,9-12H2,1H3/b17-13-. The molecule has 3 heterocycles. The summed E-state index contributed by atoms with van der Waals surface area (Å²) in [5.41, 5.74) is 1.24. The second-order valence-electron chi connectivity index (χ2n) is 6.07. The zero-order chi connectivity index (χ0) is 17.2. The lowest BCUT2D eigenvalue weighted by molar-refractivity contribution is -0.113. The Morgan fingerprint density at radius 3 is 2.44 bits per heavy atom. The molecule has 1 aromatic heterocycles. The van der Waals surface area contributed by atoms with Gasteiger partial charge < -0.3 is 14.2 Å². The van der Waals surface area contributed by atoms with Gasteiger partial charge in [-0.3, -0.25) is 4.79 Å². The number of nitrogens with zero attached hydrogens (tertiary/aromatic N) is 3. The molecule has 0 unspecified atom stereocenters. The molecule has 1 saturated heterocycles. The molecule has 0 atom stereocenters. The van der Waals surface area contributed by atoms with E-state index in [1.54, 1.807) is 6.08 Å². The lowest BCUT2D eigenvalue weighted by atomic mass is 10.2. The Kier molecular flexibility index (Phi) is 4.36. The van der Waals surface area contributed by atoms with Crippen molar-refractivity contribution in [3.63, 3.8) is 0 Å². The number of carbonyl (C=O) groups excluding carboxylic acids is 1. The number of hydrogen-bond acceptors (Lipinski definition) is 5. The maximum absolute atomic E-state index is 12.2. The van der Waals surface area contributed by atoms with Crippen LogP contribution in [-0.2, 0) is 4.79 Å². The number of aryl methyl sites for hydroxylation is 1. The maximum Gasteiger partial charge on any atom is 0.286 e. The molecule has 0 spiro atoms. The van der Waals surface area contributed by atoms with Crippen molar-refractivity contribution in [2.75, 3.05) is 31.1 Å². The van der Waals surface area contributed by atoms with Crippen LogP contribution in [0.15, 0.2) is 56.8 Å². The minimum Gasteiger partial charge on any atom is -0.462 e. The van der Waals surface area contributed by atoms with Gasteiger partial charge in [0, 0.05) is 37.9 Å². The number of piperazine rings is 1. The Balaban J connectivity index is 1.40. The van der Waals surface area contributed by atoms with Crippen LogP contribution in [0, 0.1) is 6.92 Å². The van der Waals surface area contributed by atoms with Crippen LogP contribution in [0.25, 0.3) is 6.08 Å². The molecular weight excluding hydrogens is 334 g/mol. The molecule has 2 aliphatic heterocycles. The maximum atomic E-state index is 12.2. The number of thioether (sulfide) groups is 1. The van der Waals surface area contributed by atoms with Gasteiger partial charge in [-0.2, -0.15) is 4.99 Å². The van der Waals surface area contributed by atoms with Crippen molar-refractivity contribution < 1.29 is 9.21 Å². The monoisotopic (exact) mass is 353 g/mol. The van der Waals surface area contributed by atoms with Crippen LogP contribution in [0.1, 0.15) is 11.5 Å². The average molecular weight is 353 g/mol. The fourth-order valence-electron chi connectivity index (χ4n) is 2.99. The number of aliphatic imine (C=N–C) groups is 1. The van der Waals surface area contributed by atoms with E-state index in [0.29, 0.717) is 10.7 Å². The summed E-state index contributed by atoms with van der Waals surface area (Å²) in [7, 11) is 0. The fraction of sp³-hybridized carbons (Fsp3) is 0.263. The highest BCUT2D eigenvalue weighted by atomic mass is 32.2. The van der Waals surface area contributed by atoms with Crippen molar-refractivity contribution in [2.45, 2.75) is 6.92 Å². The highest BCUT2D eigenvalue weighted by molar-refractivity contribution is 8.18. The number of amidine groups is 1. The summed E-state index contributed by atoms with van der Waals surface area (Å²) < 4.78 is 5.52. The number of benzene rings is 1. The first-order valence-corrected chi connectivity index (χ1v) is 9.15. The second-order valence-corrected chi connectivity index (χ2v) is 7.08. The van der Waals surface area contributed by atoms with Crippen molar-refractivity contribution in [2.24, 2.45) is 4.99 Å². The van der Waals surface area contributed by atoms with E-state index >= 15 is 0 Å². The zero-order valence-electron chi connectivity index (χ0n) is 14.0. The molecule has 6 heteroatoms. The van der Waals surface area contributed by atoms with Crippen molar-refractivity contribution in [1.29, 1.82) is 0 Å². The van der Waals surface area contributed by atoms with Crippen LogP contribution >= 0.6 is 11.8 Å². The second kappa shape index (κ2) is 6.80. The van der Waals surface area contributed by atoms with Crippen LogP contribution in [0.5, 0.6) is 0 Å². The molecule has 128 valence electrons. The normalized spacial score (nSPS) is 19.6. The molecule has 1 fully saturated rings. The molecular formula is C19H19N3O2S. The number of para-hydroxylation sites is 1. The molecule has 4 rings (SSSR count). The van der Waals surface area contributed by atoms with Gasteiger partial charge >= 0.3 is 0 Å². The van der Waals surface area contributed by atoms with Crippen molar-refractivity contribution in [3.05, 3.63) is 58.9 Å². The Morgan fingerprint density at radius 2 is 1.76 bits per heavy atom. The van der Waals surface area contributed by atoms with Crippen LogP contribution in [0.4, 0.5) is 5.69 Å². The van der Waals surface area contributed by atoms with E-state index < -0.39 is 0 Å². The van der Waals surface area contributed by atoms with Crippen LogP contribution < -0.4 is 4.90 Å². The van der Waals surface area contributed by atoms with E-state index in [1.807, 2.05) is 25.1 Å². The summed E-state index contributed by atoms with van der Waals surface area (Å²) in [6.45, 7) is 5.46. The molecule has 2 aliphatic rings. The number of anilines is 1. The number of amides is 1. The lowest BCUT2D eigenvalue weighted by Crippen LogP contribution is -2.47. The third-order valence-electron chi connectivity index (χ3n) is 4.32. The molecule has 1 aromatic carbocycles. The number of carbonyl (C=O) groups is 1. The van der Waals surface area contributed by atoms with Gasteiger partial charge in [0.2, 0.25) is 0 Å². The molecule has 25 heavy (non-hydrogen) atoms. The minimum atomic E-state index is -0.181. The number of furan rings is 1. The van der Waals surface area contributed by atoms with Gasteiger partial charge in [0.1, 0.15) is 11.5 Å². The third-order valence-corrected chi connectivity index (χ3v) is 5.36.